The van der Waals surface area contributed by atoms with E-state index in [2.05, 4.69) is 38.1 Å². The third-order valence-electron chi connectivity index (χ3n) is 3.40. The van der Waals surface area contributed by atoms with Crippen molar-refractivity contribution in [2.45, 2.75) is 19.8 Å². The first-order chi connectivity index (χ1) is 8.65. The van der Waals surface area contributed by atoms with Crippen molar-refractivity contribution in [2.24, 2.45) is 5.92 Å². The minimum Gasteiger partial charge on any atom is -0.368 e. The molecule has 0 saturated carbocycles. The fraction of sp³-hybridized carbons (Fsp3) is 0.615. The van der Waals surface area contributed by atoms with Gasteiger partial charge in [-0.25, -0.2) is 4.98 Å². The van der Waals surface area contributed by atoms with Crippen LogP contribution in [0.4, 0.5) is 5.82 Å². The molecule has 1 aliphatic heterocycles. The number of aromatic nitrogens is 1. The first kappa shape index (κ1) is 14.1. The van der Waals surface area contributed by atoms with E-state index in [-0.39, 0.29) is 0 Å². The highest BCUT2D eigenvalue weighted by molar-refractivity contribution is 9.10. The van der Waals surface area contributed by atoms with Crippen LogP contribution in [0.5, 0.6) is 0 Å². The van der Waals surface area contributed by atoms with Crippen LogP contribution in [0.2, 0.25) is 5.02 Å². The number of likely N-dealkylation sites (tertiary alicyclic amines) is 1. The van der Waals surface area contributed by atoms with Gasteiger partial charge in [-0.2, -0.15) is 0 Å². The zero-order valence-corrected chi connectivity index (χ0v) is 13.0. The Labute approximate surface area is 122 Å². The first-order valence-corrected chi connectivity index (χ1v) is 7.59. The van der Waals surface area contributed by atoms with Crippen molar-refractivity contribution in [1.82, 2.24) is 9.88 Å². The smallest absolute Gasteiger partial charge is 0.140 e. The molecule has 100 valence electrons. The molecule has 1 N–H and O–H groups in total. The van der Waals surface area contributed by atoms with Crippen molar-refractivity contribution in [3.05, 3.63) is 21.8 Å². The summed E-state index contributed by atoms with van der Waals surface area (Å²) in [5.41, 5.74) is 0. The highest BCUT2D eigenvalue weighted by Crippen LogP contribution is 2.23. The topological polar surface area (TPSA) is 28.2 Å². The van der Waals surface area contributed by atoms with Crippen LogP contribution in [0.1, 0.15) is 19.8 Å². The molecule has 0 amide bonds. The Morgan fingerprint density at radius 1 is 1.50 bits per heavy atom. The number of nitrogens with zero attached hydrogens (tertiary/aromatic N) is 2. The lowest BCUT2D eigenvalue weighted by atomic mass is 9.99. The first-order valence-electron chi connectivity index (χ1n) is 6.42. The van der Waals surface area contributed by atoms with Gasteiger partial charge in [0.2, 0.25) is 0 Å². The van der Waals surface area contributed by atoms with Gasteiger partial charge in [-0.15, -0.1) is 0 Å². The maximum atomic E-state index is 5.86. The van der Waals surface area contributed by atoms with Crippen molar-refractivity contribution in [2.75, 3.05) is 31.5 Å². The van der Waals surface area contributed by atoms with E-state index >= 15 is 0 Å². The Morgan fingerprint density at radius 2 is 2.22 bits per heavy atom. The number of hydrogen-bond acceptors (Lipinski definition) is 3. The van der Waals surface area contributed by atoms with Gasteiger partial charge in [0.1, 0.15) is 5.82 Å². The third kappa shape index (κ3) is 4.11. The maximum Gasteiger partial charge on any atom is 0.140 e. The molecule has 2 rings (SSSR count). The van der Waals surface area contributed by atoms with Gasteiger partial charge in [0.25, 0.3) is 0 Å². The van der Waals surface area contributed by atoms with Crippen molar-refractivity contribution in [3.8, 4) is 0 Å². The van der Waals surface area contributed by atoms with E-state index in [1.165, 1.54) is 25.9 Å². The second kappa shape index (κ2) is 6.73. The molecule has 1 saturated heterocycles. The van der Waals surface area contributed by atoms with Gasteiger partial charge in [-0.05, 0) is 53.8 Å². The molecule has 0 aromatic carbocycles. The summed E-state index contributed by atoms with van der Waals surface area (Å²) in [6, 6.07) is 1.86. The molecule has 0 radical (unpaired) electrons. The monoisotopic (exact) mass is 331 g/mol. The molecule has 0 aliphatic carbocycles. The molecular formula is C13H19BrClN3. The standard InChI is InChI=1S/C13H19BrClN3/c1-10-2-5-18(6-3-10)7-4-16-13-12(14)8-11(15)9-17-13/h8-10H,2-7H2,1H3,(H,16,17). The normalized spacial score (nSPS) is 17.9. The van der Waals surface area contributed by atoms with Crippen LogP contribution in [0, 0.1) is 5.92 Å². The molecule has 1 fully saturated rings. The number of halogens is 2. The molecule has 1 aliphatic rings. The molecule has 0 atom stereocenters. The highest BCUT2D eigenvalue weighted by atomic mass is 79.9. The van der Waals surface area contributed by atoms with Crippen molar-refractivity contribution in [3.63, 3.8) is 0 Å². The zero-order valence-electron chi connectivity index (χ0n) is 10.6. The molecular weight excluding hydrogens is 314 g/mol. The predicted octanol–water partition coefficient (Wildman–Crippen LogP) is 3.64. The molecule has 0 bridgehead atoms. The zero-order chi connectivity index (χ0) is 13.0. The average Bonchev–Trinajstić information content (AvgIpc) is 2.34. The predicted molar refractivity (Wildman–Crippen MR) is 80.3 cm³/mol. The number of hydrogen-bond donors (Lipinski definition) is 1. The summed E-state index contributed by atoms with van der Waals surface area (Å²) in [5.74, 6) is 1.76. The lowest BCUT2D eigenvalue weighted by molar-refractivity contribution is 0.199. The summed E-state index contributed by atoms with van der Waals surface area (Å²) in [7, 11) is 0. The molecule has 0 spiro atoms. The summed E-state index contributed by atoms with van der Waals surface area (Å²) in [5, 5.41) is 3.99. The van der Waals surface area contributed by atoms with Gasteiger partial charge in [0, 0.05) is 19.3 Å². The van der Waals surface area contributed by atoms with E-state index in [0.717, 1.165) is 29.3 Å². The minimum atomic E-state index is 0.650. The van der Waals surface area contributed by atoms with E-state index in [4.69, 9.17) is 11.6 Å². The van der Waals surface area contributed by atoms with Gasteiger partial charge in [-0.1, -0.05) is 18.5 Å². The van der Waals surface area contributed by atoms with Crippen molar-refractivity contribution >= 4 is 33.3 Å². The van der Waals surface area contributed by atoms with Gasteiger partial charge < -0.3 is 10.2 Å². The molecule has 0 unspecified atom stereocenters. The minimum absolute atomic E-state index is 0.650. The largest absolute Gasteiger partial charge is 0.368 e. The van der Waals surface area contributed by atoms with Crippen LogP contribution >= 0.6 is 27.5 Å². The maximum absolute atomic E-state index is 5.86. The SMILES string of the molecule is CC1CCN(CCNc2ncc(Cl)cc2Br)CC1. The van der Waals surface area contributed by atoms with Gasteiger partial charge >= 0.3 is 0 Å². The summed E-state index contributed by atoms with van der Waals surface area (Å²) < 4.78 is 0.919. The Kier molecular flexibility index (Phi) is 5.27. The van der Waals surface area contributed by atoms with Gasteiger partial charge in [0.15, 0.2) is 0 Å². The lowest BCUT2D eigenvalue weighted by Gasteiger charge is -2.30. The molecule has 1 aromatic rings. The number of rotatable bonds is 4. The van der Waals surface area contributed by atoms with E-state index < -0.39 is 0 Å². The molecule has 3 nitrogen and oxygen atoms in total. The highest BCUT2D eigenvalue weighted by Gasteiger charge is 2.14. The molecule has 5 heteroatoms. The summed E-state index contributed by atoms with van der Waals surface area (Å²) in [6.45, 7) is 6.77. The number of anilines is 1. The number of pyridine rings is 1. The summed E-state index contributed by atoms with van der Waals surface area (Å²) in [6.07, 6.45) is 4.31. The molecule has 18 heavy (non-hydrogen) atoms. The Balaban J connectivity index is 1.75. The van der Waals surface area contributed by atoms with E-state index in [0.29, 0.717) is 5.02 Å². The van der Waals surface area contributed by atoms with Crippen LogP contribution in [0.15, 0.2) is 16.7 Å². The summed E-state index contributed by atoms with van der Waals surface area (Å²) in [4.78, 5) is 6.77. The fourth-order valence-electron chi connectivity index (χ4n) is 2.16. The Bertz CT molecular complexity index is 392. The number of piperidine rings is 1. The van der Waals surface area contributed by atoms with E-state index in [1.54, 1.807) is 6.20 Å². The Hall–Kier alpha value is -0.320. The molecule has 2 heterocycles. The average molecular weight is 333 g/mol. The van der Waals surface area contributed by atoms with Gasteiger partial charge in [-0.3, -0.25) is 0 Å². The molecule has 1 aromatic heterocycles. The third-order valence-corrected chi connectivity index (χ3v) is 4.22. The van der Waals surface area contributed by atoms with Crippen LogP contribution in [-0.2, 0) is 0 Å². The second-order valence-electron chi connectivity index (χ2n) is 4.93. The van der Waals surface area contributed by atoms with Gasteiger partial charge in [0.05, 0.1) is 9.50 Å². The van der Waals surface area contributed by atoms with Crippen LogP contribution < -0.4 is 5.32 Å². The number of nitrogens with one attached hydrogen (secondary N) is 1. The quantitative estimate of drug-likeness (QED) is 0.912. The fourth-order valence-corrected chi connectivity index (χ4v) is 2.94. The summed E-state index contributed by atoms with van der Waals surface area (Å²) >= 11 is 9.32. The van der Waals surface area contributed by atoms with Crippen LogP contribution in [-0.4, -0.2) is 36.1 Å². The second-order valence-corrected chi connectivity index (χ2v) is 6.23. The van der Waals surface area contributed by atoms with Crippen LogP contribution in [0.25, 0.3) is 0 Å². The Morgan fingerprint density at radius 3 is 2.89 bits per heavy atom. The van der Waals surface area contributed by atoms with Crippen LogP contribution in [0.3, 0.4) is 0 Å². The van der Waals surface area contributed by atoms with Crippen molar-refractivity contribution in [1.29, 1.82) is 0 Å². The van der Waals surface area contributed by atoms with E-state index in [1.807, 2.05) is 6.07 Å². The lowest BCUT2D eigenvalue weighted by Crippen LogP contribution is -2.36. The van der Waals surface area contributed by atoms with Crippen molar-refractivity contribution < 1.29 is 0 Å². The van der Waals surface area contributed by atoms with E-state index in [9.17, 15) is 0 Å².